The fourth-order valence-electron chi connectivity index (χ4n) is 3.62. The van der Waals surface area contributed by atoms with Crippen LogP contribution in [-0.2, 0) is 4.79 Å². The van der Waals surface area contributed by atoms with Crippen LogP contribution in [0.2, 0.25) is 0 Å². The van der Waals surface area contributed by atoms with Crippen LogP contribution in [0.5, 0.6) is 0 Å². The Morgan fingerprint density at radius 3 is 2.45 bits per heavy atom. The standard InChI is InChI=1S/C22H27F2N5O2/c1-13-9-18(12-25-20(13)29-7-5-22(23,24)6-8-29)21(31)27-15(3)17-10-14(2)26-19(11-17)28-16(4)30/h9-12,15H,5-8H2,1-4H3,(H,27,31)(H,26,28,30). The minimum atomic E-state index is -2.62. The zero-order valence-corrected chi connectivity index (χ0v) is 18.1. The first-order chi connectivity index (χ1) is 14.5. The van der Waals surface area contributed by atoms with Crippen LogP contribution in [0.15, 0.2) is 24.4 Å². The molecule has 0 aliphatic carbocycles. The molecule has 9 heteroatoms. The lowest BCUT2D eigenvalue weighted by Gasteiger charge is -2.33. The van der Waals surface area contributed by atoms with Crippen molar-refractivity contribution in [1.29, 1.82) is 0 Å². The molecule has 1 saturated heterocycles. The second-order valence-corrected chi connectivity index (χ2v) is 8.01. The molecule has 31 heavy (non-hydrogen) atoms. The van der Waals surface area contributed by atoms with Crippen LogP contribution in [0.25, 0.3) is 0 Å². The van der Waals surface area contributed by atoms with Crippen LogP contribution in [-0.4, -0.2) is 40.8 Å². The number of hydrogen-bond acceptors (Lipinski definition) is 5. The Morgan fingerprint density at radius 1 is 1.16 bits per heavy atom. The smallest absolute Gasteiger partial charge is 0.253 e. The number of aryl methyl sites for hydroxylation is 2. The van der Waals surface area contributed by atoms with Crippen molar-refractivity contribution in [3.63, 3.8) is 0 Å². The van der Waals surface area contributed by atoms with E-state index >= 15 is 0 Å². The molecule has 0 bridgehead atoms. The van der Waals surface area contributed by atoms with Gasteiger partial charge in [-0.25, -0.2) is 18.7 Å². The van der Waals surface area contributed by atoms with Gasteiger partial charge in [0, 0.05) is 44.7 Å². The summed E-state index contributed by atoms with van der Waals surface area (Å²) in [6, 6.07) is 4.95. The number of hydrogen-bond donors (Lipinski definition) is 2. The maximum Gasteiger partial charge on any atom is 0.253 e. The number of aromatic nitrogens is 2. The molecule has 2 amide bonds. The van der Waals surface area contributed by atoms with Gasteiger partial charge in [-0.2, -0.15) is 0 Å². The summed E-state index contributed by atoms with van der Waals surface area (Å²) in [4.78, 5) is 34.5. The highest BCUT2D eigenvalue weighted by atomic mass is 19.3. The van der Waals surface area contributed by atoms with Gasteiger partial charge in [0.15, 0.2) is 0 Å². The third-order valence-electron chi connectivity index (χ3n) is 5.23. The molecule has 2 aromatic rings. The number of rotatable bonds is 5. The molecule has 1 aliphatic rings. The summed E-state index contributed by atoms with van der Waals surface area (Å²) < 4.78 is 26.8. The summed E-state index contributed by atoms with van der Waals surface area (Å²) in [5, 5.41) is 5.58. The molecule has 1 atom stereocenters. The summed E-state index contributed by atoms with van der Waals surface area (Å²) in [7, 11) is 0. The minimum Gasteiger partial charge on any atom is -0.356 e. The van der Waals surface area contributed by atoms with Crippen LogP contribution in [0.1, 0.15) is 59.9 Å². The van der Waals surface area contributed by atoms with Crippen LogP contribution >= 0.6 is 0 Å². The summed E-state index contributed by atoms with van der Waals surface area (Å²) in [6.07, 6.45) is 1.08. The Morgan fingerprint density at radius 2 is 1.84 bits per heavy atom. The van der Waals surface area contributed by atoms with Crippen molar-refractivity contribution < 1.29 is 18.4 Å². The van der Waals surface area contributed by atoms with E-state index in [1.165, 1.54) is 13.1 Å². The van der Waals surface area contributed by atoms with E-state index < -0.39 is 5.92 Å². The molecule has 7 nitrogen and oxygen atoms in total. The highest BCUT2D eigenvalue weighted by Crippen LogP contribution is 2.31. The van der Waals surface area contributed by atoms with Gasteiger partial charge in [-0.3, -0.25) is 9.59 Å². The summed E-state index contributed by atoms with van der Waals surface area (Å²) in [6.45, 7) is 7.35. The Balaban J connectivity index is 1.70. The number of amides is 2. The first-order valence-electron chi connectivity index (χ1n) is 10.2. The summed E-state index contributed by atoms with van der Waals surface area (Å²) >= 11 is 0. The summed E-state index contributed by atoms with van der Waals surface area (Å²) in [5.74, 6) is -2.08. The summed E-state index contributed by atoms with van der Waals surface area (Å²) in [5.41, 5.74) is 2.68. The van der Waals surface area contributed by atoms with Crippen molar-refractivity contribution in [3.05, 3.63) is 46.8 Å². The monoisotopic (exact) mass is 431 g/mol. The molecule has 1 unspecified atom stereocenters. The van der Waals surface area contributed by atoms with Crippen molar-refractivity contribution in [2.45, 2.75) is 52.5 Å². The Bertz CT molecular complexity index is 986. The number of carbonyl (C=O) groups is 2. The minimum absolute atomic E-state index is 0.195. The lowest BCUT2D eigenvalue weighted by atomic mass is 10.1. The van der Waals surface area contributed by atoms with Crippen molar-refractivity contribution in [2.24, 2.45) is 0 Å². The van der Waals surface area contributed by atoms with Gasteiger partial charge in [0.1, 0.15) is 11.6 Å². The average molecular weight is 431 g/mol. The van der Waals surface area contributed by atoms with Gasteiger partial charge in [-0.1, -0.05) is 0 Å². The number of halogens is 2. The molecular formula is C22H27F2N5O2. The first kappa shape index (κ1) is 22.6. The van der Waals surface area contributed by atoms with Gasteiger partial charge < -0.3 is 15.5 Å². The number of alkyl halides is 2. The third kappa shape index (κ3) is 5.74. The Kier molecular flexibility index (Phi) is 6.52. The van der Waals surface area contributed by atoms with Crippen molar-refractivity contribution in [1.82, 2.24) is 15.3 Å². The van der Waals surface area contributed by atoms with Crippen LogP contribution in [0, 0.1) is 13.8 Å². The van der Waals surface area contributed by atoms with Crippen molar-refractivity contribution in [3.8, 4) is 0 Å². The Labute approximate surface area is 180 Å². The van der Waals surface area contributed by atoms with E-state index in [0.717, 1.165) is 16.8 Å². The van der Waals surface area contributed by atoms with Crippen LogP contribution < -0.4 is 15.5 Å². The van der Waals surface area contributed by atoms with Crippen LogP contribution in [0.4, 0.5) is 20.4 Å². The number of piperidine rings is 1. The molecule has 1 fully saturated rings. The van der Waals surface area contributed by atoms with E-state index in [-0.39, 0.29) is 43.8 Å². The fourth-order valence-corrected chi connectivity index (χ4v) is 3.62. The van der Waals surface area contributed by atoms with Gasteiger partial charge >= 0.3 is 0 Å². The number of pyridine rings is 2. The van der Waals surface area contributed by atoms with E-state index in [9.17, 15) is 18.4 Å². The quantitative estimate of drug-likeness (QED) is 0.752. The number of nitrogens with zero attached hydrogens (tertiary/aromatic N) is 3. The van der Waals surface area contributed by atoms with E-state index in [4.69, 9.17) is 0 Å². The third-order valence-corrected chi connectivity index (χ3v) is 5.23. The molecule has 2 aromatic heterocycles. The zero-order valence-electron chi connectivity index (χ0n) is 18.1. The first-order valence-corrected chi connectivity index (χ1v) is 10.2. The van der Waals surface area contributed by atoms with Crippen molar-refractivity contribution >= 4 is 23.5 Å². The lowest BCUT2D eigenvalue weighted by Crippen LogP contribution is -2.40. The second kappa shape index (κ2) is 8.95. The average Bonchev–Trinajstić information content (AvgIpc) is 2.67. The highest BCUT2D eigenvalue weighted by Gasteiger charge is 2.34. The van der Waals surface area contributed by atoms with Gasteiger partial charge in [-0.15, -0.1) is 0 Å². The molecule has 3 rings (SSSR count). The van der Waals surface area contributed by atoms with Gasteiger partial charge in [-0.05, 0) is 50.1 Å². The molecule has 0 spiro atoms. The number of nitrogens with one attached hydrogen (secondary N) is 2. The molecule has 166 valence electrons. The molecule has 1 aliphatic heterocycles. The maximum absolute atomic E-state index is 13.4. The molecule has 0 radical (unpaired) electrons. The molecular weight excluding hydrogens is 404 g/mol. The number of anilines is 2. The second-order valence-electron chi connectivity index (χ2n) is 8.01. The fraction of sp³-hybridized carbons (Fsp3) is 0.455. The lowest BCUT2D eigenvalue weighted by molar-refractivity contribution is -0.114. The largest absolute Gasteiger partial charge is 0.356 e. The van der Waals surface area contributed by atoms with E-state index in [1.807, 2.05) is 31.7 Å². The SMILES string of the molecule is CC(=O)Nc1cc(C(C)NC(=O)c2cnc(N3CCC(F)(F)CC3)c(C)c2)cc(C)n1. The van der Waals surface area contributed by atoms with E-state index in [2.05, 4.69) is 20.6 Å². The zero-order chi connectivity index (χ0) is 22.8. The van der Waals surface area contributed by atoms with E-state index in [1.54, 1.807) is 12.1 Å². The highest BCUT2D eigenvalue weighted by molar-refractivity contribution is 5.94. The molecule has 0 saturated carbocycles. The topological polar surface area (TPSA) is 87.2 Å². The van der Waals surface area contributed by atoms with Gasteiger partial charge in [0.05, 0.1) is 11.6 Å². The molecule has 3 heterocycles. The molecule has 2 N–H and O–H groups in total. The van der Waals surface area contributed by atoms with Gasteiger partial charge in [0.2, 0.25) is 5.91 Å². The van der Waals surface area contributed by atoms with Gasteiger partial charge in [0.25, 0.3) is 11.8 Å². The molecule has 0 aromatic carbocycles. The Hall–Kier alpha value is -3.10. The predicted octanol–water partition coefficient (Wildman–Crippen LogP) is 3.78. The van der Waals surface area contributed by atoms with Crippen molar-refractivity contribution in [2.75, 3.05) is 23.3 Å². The maximum atomic E-state index is 13.4. The van der Waals surface area contributed by atoms with E-state index in [0.29, 0.717) is 17.2 Å². The predicted molar refractivity (Wildman–Crippen MR) is 115 cm³/mol. The van der Waals surface area contributed by atoms with Crippen LogP contribution in [0.3, 0.4) is 0 Å². The number of carbonyl (C=O) groups excluding carboxylic acids is 2. The normalized spacial score (nSPS) is 16.5.